The van der Waals surface area contributed by atoms with Gasteiger partial charge in [0.25, 0.3) is 5.92 Å². The molecule has 6 heteroatoms. The molecule has 0 aromatic carbocycles. The number of nitrogens with zero attached hydrogens (tertiary/aromatic N) is 1. The second kappa shape index (κ2) is 4.42. The van der Waals surface area contributed by atoms with E-state index in [2.05, 4.69) is 5.32 Å². The van der Waals surface area contributed by atoms with E-state index < -0.39 is 30.5 Å². The first kappa shape index (κ1) is 13.7. The van der Waals surface area contributed by atoms with Gasteiger partial charge in [0, 0.05) is 19.5 Å². The van der Waals surface area contributed by atoms with Crippen LogP contribution < -0.4 is 5.32 Å². The van der Waals surface area contributed by atoms with Gasteiger partial charge in [-0.1, -0.05) is 0 Å². The van der Waals surface area contributed by atoms with Crippen molar-refractivity contribution in [2.45, 2.75) is 50.9 Å². The Morgan fingerprint density at radius 3 is 2.61 bits per heavy atom. The molecule has 2 aliphatic rings. The molecule has 1 N–H and O–H groups in total. The van der Waals surface area contributed by atoms with Gasteiger partial charge in [-0.05, 0) is 20.8 Å². The molecule has 0 saturated carbocycles. The lowest BCUT2D eigenvalue weighted by molar-refractivity contribution is -0.160. The Morgan fingerprint density at radius 2 is 2.11 bits per heavy atom. The van der Waals surface area contributed by atoms with Gasteiger partial charge < -0.3 is 9.64 Å². The Bertz CT molecular complexity index is 347. The first-order valence-electron chi connectivity index (χ1n) is 6.26. The van der Waals surface area contributed by atoms with Gasteiger partial charge in [-0.3, -0.25) is 10.1 Å². The van der Waals surface area contributed by atoms with Crippen LogP contribution in [0.25, 0.3) is 0 Å². The minimum atomic E-state index is -2.77. The number of alkyl halides is 2. The fourth-order valence-corrected chi connectivity index (χ4v) is 2.73. The maximum Gasteiger partial charge on any atom is 0.262 e. The summed E-state index contributed by atoms with van der Waals surface area (Å²) in [4.78, 5) is 13.8. The van der Waals surface area contributed by atoms with Crippen molar-refractivity contribution in [3.63, 3.8) is 0 Å². The zero-order valence-corrected chi connectivity index (χ0v) is 11.0. The van der Waals surface area contributed by atoms with Gasteiger partial charge in [0.2, 0.25) is 5.91 Å². The Morgan fingerprint density at radius 1 is 1.44 bits per heavy atom. The summed E-state index contributed by atoms with van der Waals surface area (Å²) in [5, 5.41) is 2.60. The molecule has 0 aliphatic carbocycles. The van der Waals surface area contributed by atoms with E-state index in [1.54, 1.807) is 4.90 Å². The zero-order valence-electron chi connectivity index (χ0n) is 11.0. The monoisotopic (exact) mass is 262 g/mol. The van der Waals surface area contributed by atoms with Gasteiger partial charge in [-0.25, -0.2) is 8.78 Å². The number of carbonyl (C=O) groups excluding carboxylic acids is 1. The van der Waals surface area contributed by atoms with E-state index in [4.69, 9.17) is 4.74 Å². The molecule has 0 aromatic heterocycles. The molecule has 0 radical (unpaired) electrons. The zero-order chi connectivity index (χ0) is 13.6. The van der Waals surface area contributed by atoms with Crippen LogP contribution >= 0.6 is 0 Å². The number of nitrogens with one attached hydrogen (secondary N) is 1. The predicted molar refractivity (Wildman–Crippen MR) is 62.6 cm³/mol. The molecule has 1 amide bonds. The first-order chi connectivity index (χ1) is 8.19. The summed E-state index contributed by atoms with van der Waals surface area (Å²) in [6.07, 6.45) is -0.475. The normalized spacial score (nSPS) is 34.6. The molecule has 2 heterocycles. The molecule has 4 nitrogen and oxygen atoms in total. The van der Waals surface area contributed by atoms with Crippen molar-refractivity contribution in [3.8, 4) is 0 Å². The van der Waals surface area contributed by atoms with Gasteiger partial charge in [-0.15, -0.1) is 0 Å². The largest absolute Gasteiger partial charge is 0.369 e. The second-order valence-electron chi connectivity index (χ2n) is 5.90. The van der Waals surface area contributed by atoms with E-state index in [9.17, 15) is 13.6 Å². The summed E-state index contributed by atoms with van der Waals surface area (Å²) in [5.41, 5.74) is -0.422. The number of amides is 1. The van der Waals surface area contributed by atoms with Gasteiger partial charge in [0.05, 0.1) is 24.3 Å². The van der Waals surface area contributed by atoms with Crippen molar-refractivity contribution in [2.75, 3.05) is 19.6 Å². The molecule has 2 aliphatic heterocycles. The Hall–Kier alpha value is -0.750. The number of rotatable bonds is 1. The van der Waals surface area contributed by atoms with E-state index >= 15 is 0 Å². The molecule has 0 spiro atoms. The Balaban J connectivity index is 2.01. The quantitative estimate of drug-likeness (QED) is 0.767. The summed E-state index contributed by atoms with van der Waals surface area (Å²) in [6.45, 7) is 6.19. The van der Waals surface area contributed by atoms with E-state index in [-0.39, 0.29) is 12.0 Å². The van der Waals surface area contributed by atoms with Gasteiger partial charge in [-0.2, -0.15) is 0 Å². The van der Waals surface area contributed by atoms with Crippen molar-refractivity contribution in [2.24, 2.45) is 0 Å². The number of hydrogen-bond donors (Lipinski definition) is 1. The highest BCUT2D eigenvalue weighted by Gasteiger charge is 2.45. The molecule has 104 valence electrons. The fraction of sp³-hybridized carbons (Fsp3) is 0.917. The molecule has 18 heavy (non-hydrogen) atoms. The van der Waals surface area contributed by atoms with Crippen LogP contribution in [-0.4, -0.2) is 54.1 Å². The number of ether oxygens (including phenoxy) is 1. The van der Waals surface area contributed by atoms with Crippen molar-refractivity contribution >= 4 is 5.91 Å². The van der Waals surface area contributed by atoms with Gasteiger partial charge in [0.15, 0.2) is 0 Å². The lowest BCUT2D eigenvalue weighted by atomic mass is 10.0. The lowest BCUT2D eigenvalue weighted by Gasteiger charge is -2.42. The fourth-order valence-electron chi connectivity index (χ4n) is 2.73. The van der Waals surface area contributed by atoms with E-state index in [1.165, 1.54) is 0 Å². The summed E-state index contributed by atoms with van der Waals surface area (Å²) >= 11 is 0. The molecular formula is C12H20F2N2O2. The number of carbonyl (C=O) groups is 1. The maximum atomic E-state index is 13.1. The molecule has 2 unspecified atom stereocenters. The third-order valence-electron chi connectivity index (χ3n) is 3.29. The van der Waals surface area contributed by atoms with Crippen LogP contribution in [0.4, 0.5) is 8.78 Å². The maximum absolute atomic E-state index is 13.1. The number of halogens is 2. The summed E-state index contributed by atoms with van der Waals surface area (Å²) in [7, 11) is 0. The van der Waals surface area contributed by atoms with Crippen LogP contribution in [0.15, 0.2) is 0 Å². The molecule has 2 fully saturated rings. The molecule has 2 rings (SSSR count). The minimum Gasteiger partial charge on any atom is -0.369 e. The van der Waals surface area contributed by atoms with Crippen LogP contribution in [0, 0.1) is 0 Å². The molecule has 2 atom stereocenters. The summed E-state index contributed by atoms with van der Waals surface area (Å²) in [5.74, 6) is -3.01. The average molecular weight is 262 g/mol. The predicted octanol–water partition coefficient (Wildman–Crippen LogP) is 1.01. The lowest BCUT2D eigenvalue weighted by Crippen LogP contribution is -2.57. The van der Waals surface area contributed by atoms with Crippen molar-refractivity contribution < 1.29 is 18.3 Å². The van der Waals surface area contributed by atoms with Crippen LogP contribution in [0.1, 0.15) is 27.2 Å². The Labute approximate surface area is 106 Å². The van der Waals surface area contributed by atoms with Crippen LogP contribution in [0.2, 0.25) is 0 Å². The van der Waals surface area contributed by atoms with Crippen LogP contribution in [0.3, 0.4) is 0 Å². The molecule has 2 saturated heterocycles. The Kier molecular flexibility index (Phi) is 3.36. The highest BCUT2D eigenvalue weighted by Crippen LogP contribution is 2.28. The standard InChI is InChI=1S/C12H20F2N2O2/c1-8-5-16(7-11(2,3)18-8)10(17)9-4-12(13,14)6-15-9/h8-9,15H,4-7H2,1-3H3. The molecule has 0 aromatic rings. The van der Waals surface area contributed by atoms with Crippen molar-refractivity contribution in [3.05, 3.63) is 0 Å². The summed E-state index contributed by atoms with van der Waals surface area (Å²) < 4.78 is 31.9. The van der Waals surface area contributed by atoms with Crippen LogP contribution in [-0.2, 0) is 9.53 Å². The highest BCUT2D eigenvalue weighted by atomic mass is 19.3. The molecular weight excluding hydrogens is 242 g/mol. The van der Waals surface area contributed by atoms with E-state index in [1.807, 2.05) is 20.8 Å². The first-order valence-corrected chi connectivity index (χ1v) is 6.26. The van der Waals surface area contributed by atoms with Crippen molar-refractivity contribution in [1.82, 2.24) is 10.2 Å². The highest BCUT2D eigenvalue weighted by molar-refractivity contribution is 5.82. The topological polar surface area (TPSA) is 41.6 Å². The van der Waals surface area contributed by atoms with Gasteiger partial charge >= 0.3 is 0 Å². The van der Waals surface area contributed by atoms with Crippen LogP contribution in [0.5, 0.6) is 0 Å². The SMILES string of the molecule is CC1CN(C(=O)C2CC(F)(F)CN2)CC(C)(C)O1. The average Bonchev–Trinajstić information content (AvgIpc) is 2.54. The van der Waals surface area contributed by atoms with Crippen molar-refractivity contribution in [1.29, 1.82) is 0 Å². The second-order valence-corrected chi connectivity index (χ2v) is 5.90. The third-order valence-corrected chi connectivity index (χ3v) is 3.29. The summed E-state index contributed by atoms with van der Waals surface area (Å²) in [6, 6.07) is -0.763. The third kappa shape index (κ3) is 2.98. The van der Waals surface area contributed by atoms with E-state index in [0.717, 1.165) is 0 Å². The molecule has 0 bridgehead atoms. The van der Waals surface area contributed by atoms with E-state index in [0.29, 0.717) is 13.1 Å². The number of hydrogen-bond acceptors (Lipinski definition) is 3. The minimum absolute atomic E-state index is 0.0698. The number of morpholine rings is 1. The smallest absolute Gasteiger partial charge is 0.262 e. The van der Waals surface area contributed by atoms with Gasteiger partial charge in [0.1, 0.15) is 0 Å².